The molecule has 0 aliphatic carbocycles. The van der Waals surface area contributed by atoms with Gasteiger partial charge in [-0.2, -0.15) is 13.2 Å². The van der Waals surface area contributed by atoms with Gasteiger partial charge in [-0.15, -0.1) is 0 Å². The van der Waals surface area contributed by atoms with Crippen LogP contribution in [0.1, 0.15) is 11.1 Å². The molecule has 13 heteroatoms. The van der Waals surface area contributed by atoms with Crippen LogP contribution in [0.2, 0.25) is 5.02 Å². The summed E-state index contributed by atoms with van der Waals surface area (Å²) in [6.45, 7) is 1.39. The number of amides is 3. The van der Waals surface area contributed by atoms with Crippen molar-refractivity contribution in [3.8, 4) is 0 Å². The number of nitrogens with one attached hydrogen (secondary N) is 1. The Bertz CT molecular complexity index is 1240. The molecule has 38 heavy (non-hydrogen) atoms. The van der Waals surface area contributed by atoms with Crippen LogP contribution in [0, 0.1) is 5.82 Å². The molecule has 3 amide bonds. The van der Waals surface area contributed by atoms with Gasteiger partial charge in [0.05, 0.1) is 12.1 Å². The lowest BCUT2D eigenvalue weighted by atomic mass is 9.99. The van der Waals surface area contributed by atoms with Gasteiger partial charge in [-0.1, -0.05) is 29.8 Å². The molecule has 2 atom stereocenters. The maximum absolute atomic E-state index is 13.3. The Morgan fingerprint density at radius 1 is 1.03 bits per heavy atom. The smallest absolute Gasteiger partial charge is 0.465 e. The van der Waals surface area contributed by atoms with Crippen LogP contribution in [-0.4, -0.2) is 82.2 Å². The molecule has 2 N–H and O–H groups in total. The molecule has 0 radical (unpaired) electrons. The normalized spacial score (nSPS) is 20.0. The van der Waals surface area contributed by atoms with Crippen molar-refractivity contribution in [2.24, 2.45) is 0 Å². The van der Waals surface area contributed by atoms with Crippen LogP contribution in [0.25, 0.3) is 6.08 Å². The minimum atomic E-state index is -5.11. The highest BCUT2D eigenvalue weighted by Gasteiger charge is 2.43. The van der Waals surface area contributed by atoms with Gasteiger partial charge in [0.15, 0.2) is 0 Å². The van der Waals surface area contributed by atoms with Crippen LogP contribution >= 0.6 is 11.6 Å². The quantitative estimate of drug-likeness (QED) is 0.429. The van der Waals surface area contributed by atoms with Crippen molar-refractivity contribution in [1.82, 2.24) is 14.7 Å². The zero-order chi connectivity index (χ0) is 27.6. The highest BCUT2D eigenvalue weighted by molar-refractivity contribution is 6.31. The molecule has 2 aliphatic heterocycles. The Kier molecular flexibility index (Phi) is 7.93. The van der Waals surface area contributed by atoms with Crippen molar-refractivity contribution >= 4 is 41.3 Å². The predicted octanol–water partition coefficient (Wildman–Crippen LogP) is 4.07. The second-order valence-corrected chi connectivity index (χ2v) is 9.51. The topological polar surface area (TPSA) is 93.2 Å². The molecule has 4 rings (SSSR count). The molecular weight excluding hydrogens is 532 g/mol. The van der Waals surface area contributed by atoms with Crippen LogP contribution in [0.5, 0.6) is 0 Å². The summed E-state index contributed by atoms with van der Waals surface area (Å²) in [4.78, 5) is 41.2. The lowest BCUT2D eigenvalue weighted by Crippen LogP contribution is -2.69. The van der Waals surface area contributed by atoms with Crippen LogP contribution in [0.4, 0.5) is 28.0 Å². The first-order chi connectivity index (χ1) is 17.9. The lowest BCUT2D eigenvalue weighted by molar-refractivity contribution is -0.167. The zero-order valence-corrected chi connectivity index (χ0v) is 20.5. The SMILES string of the molecule is O=C(O)N1CC2CN(Cc3ccc(F)cc3)CC(C1)N2C(=O)/C=C/c1ccc(Cl)cc1NC(=O)C(F)(F)F. The molecule has 2 aromatic carbocycles. The number of alkyl halides is 3. The van der Waals surface area contributed by atoms with Gasteiger partial charge in [-0.3, -0.25) is 14.5 Å². The third-order valence-electron chi connectivity index (χ3n) is 6.36. The van der Waals surface area contributed by atoms with Crippen molar-refractivity contribution < 1.29 is 37.1 Å². The summed E-state index contributed by atoms with van der Waals surface area (Å²) in [7, 11) is 0. The number of carbonyl (C=O) groups is 3. The van der Waals surface area contributed by atoms with E-state index in [4.69, 9.17) is 11.6 Å². The molecule has 0 spiro atoms. The monoisotopic (exact) mass is 554 g/mol. The number of nitrogens with zero attached hydrogens (tertiary/aromatic N) is 3. The third kappa shape index (κ3) is 6.43. The van der Waals surface area contributed by atoms with Gasteiger partial charge >= 0.3 is 18.2 Å². The number of hydrogen-bond donors (Lipinski definition) is 2. The first-order valence-electron chi connectivity index (χ1n) is 11.5. The third-order valence-corrected chi connectivity index (χ3v) is 6.59. The van der Waals surface area contributed by atoms with E-state index in [1.165, 1.54) is 41.3 Å². The summed E-state index contributed by atoms with van der Waals surface area (Å²) < 4.78 is 51.5. The maximum Gasteiger partial charge on any atom is 0.471 e. The molecule has 2 saturated heterocycles. The number of anilines is 1. The van der Waals surface area contributed by atoms with Crippen molar-refractivity contribution in [3.05, 3.63) is 70.5 Å². The van der Waals surface area contributed by atoms with Gasteiger partial charge in [0.2, 0.25) is 5.91 Å². The second kappa shape index (κ2) is 11.0. The van der Waals surface area contributed by atoms with E-state index >= 15 is 0 Å². The van der Waals surface area contributed by atoms with E-state index in [1.54, 1.807) is 22.3 Å². The number of hydrogen-bond acceptors (Lipinski definition) is 4. The summed E-state index contributed by atoms with van der Waals surface area (Å²) in [5.74, 6) is -2.98. The molecule has 8 nitrogen and oxygen atoms in total. The van der Waals surface area contributed by atoms with Crippen LogP contribution < -0.4 is 5.32 Å². The summed E-state index contributed by atoms with van der Waals surface area (Å²) in [5.41, 5.74) is 0.785. The fraction of sp³-hybridized carbons (Fsp3) is 0.320. The number of rotatable bonds is 5. The number of fused-ring (bicyclic) bond motifs is 2. The number of carboxylic acid groups (broad SMARTS) is 1. The second-order valence-electron chi connectivity index (χ2n) is 9.08. The van der Waals surface area contributed by atoms with Gasteiger partial charge in [0.1, 0.15) is 5.82 Å². The molecule has 2 aliphatic rings. The largest absolute Gasteiger partial charge is 0.471 e. The van der Waals surface area contributed by atoms with E-state index < -0.39 is 36.2 Å². The van der Waals surface area contributed by atoms with Gasteiger partial charge in [-0.05, 0) is 41.5 Å². The minimum absolute atomic E-state index is 0.0825. The molecule has 2 unspecified atom stereocenters. The summed E-state index contributed by atoms with van der Waals surface area (Å²) in [5, 5.41) is 11.4. The highest BCUT2D eigenvalue weighted by Crippen LogP contribution is 2.28. The van der Waals surface area contributed by atoms with Crippen molar-refractivity contribution in [2.75, 3.05) is 31.5 Å². The molecule has 2 aromatic rings. The number of halogens is 5. The van der Waals surface area contributed by atoms with E-state index in [0.29, 0.717) is 19.6 Å². The Morgan fingerprint density at radius 3 is 2.24 bits per heavy atom. The molecule has 0 aromatic heterocycles. The molecule has 202 valence electrons. The summed E-state index contributed by atoms with van der Waals surface area (Å²) >= 11 is 5.87. The molecule has 2 heterocycles. The van der Waals surface area contributed by atoms with E-state index in [-0.39, 0.29) is 35.2 Å². The number of benzene rings is 2. The summed E-state index contributed by atoms with van der Waals surface area (Å²) in [6, 6.07) is 8.99. The summed E-state index contributed by atoms with van der Waals surface area (Å²) in [6.07, 6.45) is -3.75. The fourth-order valence-corrected chi connectivity index (χ4v) is 4.91. The minimum Gasteiger partial charge on any atom is -0.465 e. The number of piperazine rings is 2. The Morgan fingerprint density at radius 2 is 1.66 bits per heavy atom. The first-order valence-corrected chi connectivity index (χ1v) is 11.9. The predicted molar refractivity (Wildman–Crippen MR) is 131 cm³/mol. The van der Waals surface area contributed by atoms with E-state index in [1.807, 2.05) is 0 Å². The molecule has 2 bridgehead atoms. The maximum atomic E-state index is 13.3. The Hall–Kier alpha value is -3.64. The Labute approximate surface area is 220 Å². The molecular formula is C25H23ClF4N4O4. The molecule has 2 fully saturated rings. The van der Waals surface area contributed by atoms with Crippen molar-refractivity contribution in [3.63, 3.8) is 0 Å². The van der Waals surface area contributed by atoms with Crippen LogP contribution in [0.15, 0.2) is 48.5 Å². The van der Waals surface area contributed by atoms with Gasteiger partial charge < -0.3 is 20.2 Å². The standard InChI is InChI=1S/C25H23ClF4N4O4/c26-17-5-3-16(21(9-17)31-23(36)25(28,29)30)4-8-22(35)34-19-11-32(10-15-1-6-18(27)7-2-15)12-20(34)14-33(13-19)24(37)38/h1-9,19-20H,10-14H2,(H,31,36)(H,37,38)/b8-4+. The van der Waals surface area contributed by atoms with E-state index in [0.717, 1.165) is 11.6 Å². The van der Waals surface area contributed by atoms with Crippen LogP contribution in [0.3, 0.4) is 0 Å². The first kappa shape index (κ1) is 27.4. The van der Waals surface area contributed by atoms with Gasteiger partial charge in [0.25, 0.3) is 0 Å². The van der Waals surface area contributed by atoms with Crippen molar-refractivity contribution in [1.29, 1.82) is 0 Å². The van der Waals surface area contributed by atoms with Gasteiger partial charge in [0, 0.05) is 49.5 Å². The van der Waals surface area contributed by atoms with E-state index in [2.05, 4.69) is 4.90 Å². The number of carbonyl (C=O) groups excluding carboxylic acids is 2. The average Bonchev–Trinajstić information content (AvgIpc) is 2.83. The fourth-order valence-electron chi connectivity index (χ4n) is 4.74. The zero-order valence-electron chi connectivity index (χ0n) is 19.8. The van der Waals surface area contributed by atoms with Crippen molar-refractivity contribution in [2.45, 2.75) is 24.8 Å². The highest BCUT2D eigenvalue weighted by atomic mass is 35.5. The van der Waals surface area contributed by atoms with Crippen LogP contribution in [-0.2, 0) is 16.1 Å². The average molecular weight is 555 g/mol. The van der Waals surface area contributed by atoms with E-state index in [9.17, 15) is 37.1 Å². The molecule has 0 saturated carbocycles. The van der Waals surface area contributed by atoms with Gasteiger partial charge in [-0.25, -0.2) is 9.18 Å². The lowest BCUT2D eigenvalue weighted by Gasteiger charge is -2.52. The Balaban J connectivity index is 1.52.